The van der Waals surface area contributed by atoms with Crippen molar-refractivity contribution in [2.75, 3.05) is 11.5 Å². The normalized spacial score (nSPS) is 12.7. The van der Waals surface area contributed by atoms with Crippen LogP contribution in [0, 0.1) is 0 Å². The Hall–Kier alpha value is -0.470. The van der Waals surface area contributed by atoms with Crippen molar-refractivity contribution in [1.82, 2.24) is 0 Å². The first-order valence-electron chi connectivity index (χ1n) is 6.12. The molecule has 0 bridgehead atoms. The topological polar surface area (TPSA) is 20.2 Å². The molecule has 0 aliphatic carbocycles. The molecule has 1 N–H and O–H groups in total. The van der Waals surface area contributed by atoms with E-state index in [9.17, 15) is 5.11 Å². The highest BCUT2D eigenvalue weighted by atomic mass is 32.2. The summed E-state index contributed by atoms with van der Waals surface area (Å²) in [4.78, 5) is 0. The highest BCUT2D eigenvalue weighted by molar-refractivity contribution is 7.99. The quantitative estimate of drug-likeness (QED) is 0.729. The summed E-state index contributed by atoms with van der Waals surface area (Å²) in [6.07, 6.45) is 2.82. The standard InChI is InChI=1S/C14H22OS/c1-3-6-12-7-5-8-13(11-12)14(15)9-10-16-4-2/h5,7-8,11,14-15H,3-4,6,9-10H2,1-2H3. The second kappa shape index (κ2) is 7.75. The molecule has 1 unspecified atom stereocenters. The van der Waals surface area contributed by atoms with Gasteiger partial charge in [-0.3, -0.25) is 0 Å². The molecule has 2 heteroatoms. The summed E-state index contributed by atoms with van der Waals surface area (Å²) in [6, 6.07) is 8.36. The van der Waals surface area contributed by atoms with Gasteiger partial charge in [0.25, 0.3) is 0 Å². The Kier molecular flexibility index (Phi) is 6.58. The second-order valence-corrected chi connectivity index (χ2v) is 5.39. The number of aliphatic hydroxyl groups is 1. The summed E-state index contributed by atoms with van der Waals surface area (Å²) in [5, 5.41) is 10.0. The molecule has 1 nitrogen and oxygen atoms in total. The van der Waals surface area contributed by atoms with Gasteiger partial charge in [0.2, 0.25) is 0 Å². The van der Waals surface area contributed by atoms with E-state index >= 15 is 0 Å². The van der Waals surface area contributed by atoms with Crippen LogP contribution in [-0.2, 0) is 6.42 Å². The maximum Gasteiger partial charge on any atom is 0.0798 e. The Morgan fingerprint density at radius 1 is 1.31 bits per heavy atom. The van der Waals surface area contributed by atoms with Crippen LogP contribution in [0.25, 0.3) is 0 Å². The van der Waals surface area contributed by atoms with Crippen LogP contribution in [-0.4, -0.2) is 16.6 Å². The molecule has 1 aromatic carbocycles. The van der Waals surface area contributed by atoms with Crippen molar-refractivity contribution in [3.63, 3.8) is 0 Å². The lowest BCUT2D eigenvalue weighted by molar-refractivity contribution is 0.175. The van der Waals surface area contributed by atoms with Gasteiger partial charge in [0.05, 0.1) is 6.10 Å². The zero-order valence-corrected chi connectivity index (χ0v) is 11.1. The van der Waals surface area contributed by atoms with E-state index in [0.29, 0.717) is 0 Å². The average molecular weight is 238 g/mol. The molecule has 0 aliphatic rings. The molecule has 0 heterocycles. The SMILES string of the molecule is CCCc1cccc(C(O)CCSCC)c1. The van der Waals surface area contributed by atoms with Crippen LogP contribution in [0.1, 0.15) is 43.9 Å². The van der Waals surface area contributed by atoms with Gasteiger partial charge >= 0.3 is 0 Å². The van der Waals surface area contributed by atoms with Crippen LogP contribution in [0.4, 0.5) is 0 Å². The maximum atomic E-state index is 10.0. The minimum absolute atomic E-state index is 0.296. The van der Waals surface area contributed by atoms with Crippen molar-refractivity contribution in [2.45, 2.75) is 39.2 Å². The van der Waals surface area contributed by atoms with Gasteiger partial charge in [-0.25, -0.2) is 0 Å². The van der Waals surface area contributed by atoms with Crippen LogP contribution in [0.2, 0.25) is 0 Å². The van der Waals surface area contributed by atoms with E-state index in [1.165, 1.54) is 5.56 Å². The Bertz CT molecular complexity index is 299. The third-order valence-electron chi connectivity index (χ3n) is 2.61. The van der Waals surface area contributed by atoms with Gasteiger partial charge in [-0.05, 0) is 35.5 Å². The summed E-state index contributed by atoms with van der Waals surface area (Å²) >= 11 is 1.89. The van der Waals surface area contributed by atoms with Crippen LogP contribution in [0.3, 0.4) is 0 Å². The molecule has 1 rings (SSSR count). The van der Waals surface area contributed by atoms with Gasteiger partial charge in [-0.2, -0.15) is 11.8 Å². The molecule has 16 heavy (non-hydrogen) atoms. The lowest BCUT2D eigenvalue weighted by Crippen LogP contribution is -2.00. The van der Waals surface area contributed by atoms with E-state index in [-0.39, 0.29) is 6.10 Å². The highest BCUT2D eigenvalue weighted by Crippen LogP contribution is 2.20. The van der Waals surface area contributed by atoms with Gasteiger partial charge in [0.1, 0.15) is 0 Å². The molecule has 0 spiro atoms. The lowest BCUT2D eigenvalue weighted by Gasteiger charge is -2.11. The van der Waals surface area contributed by atoms with Crippen molar-refractivity contribution >= 4 is 11.8 Å². The maximum absolute atomic E-state index is 10.0. The number of aliphatic hydroxyl groups excluding tert-OH is 1. The third-order valence-corrected chi connectivity index (χ3v) is 3.55. The van der Waals surface area contributed by atoms with E-state index in [0.717, 1.165) is 36.3 Å². The predicted molar refractivity (Wildman–Crippen MR) is 73.0 cm³/mol. The number of benzene rings is 1. The molecular formula is C14H22OS. The van der Waals surface area contributed by atoms with E-state index < -0.39 is 0 Å². The molecule has 0 saturated carbocycles. The number of hydrogen-bond donors (Lipinski definition) is 1. The molecule has 0 saturated heterocycles. The zero-order valence-electron chi connectivity index (χ0n) is 10.3. The first-order chi connectivity index (χ1) is 7.77. The summed E-state index contributed by atoms with van der Waals surface area (Å²) < 4.78 is 0. The molecule has 90 valence electrons. The van der Waals surface area contributed by atoms with Crippen molar-refractivity contribution in [1.29, 1.82) is 0 Å². The Balaban J connectivity index is 2.53. The summed E-state index contributed by atoms with van der Waals surface area (Å²) in [6.45, 7) is 4.33. The molecule has 0 fully saturated rings. The van der Waals surface area contributed by atoms with Gasteiger partial charge in [-0.15, -0.1) is 0 Å². The van der Waals surface area contributed by atoms with Crippen molar-refractivity contribution in [3.8, 4) is 0 Å². The Labute approximate surface area is 103 Å². The molecule has 0 aromatic heterocycles. The van der Waals surface area contributed by atoms with Crippen LogP contribution < -0.4 is 0 Å². The van der Waals surface area contributed by atoms with Crippen molar-refractivity contribution in [2.24, 2.45) is 0 Å². The second-order valence-electron chi connectivity index (χ2n) is 4.00. The fraction of sp³-hybridized carbons (Fsp3) is 0.571. The first kappa shape index (κ1) is 13.6. The fourth-order valence-corrected chi connectivity index (χ4v) is 2.43. The number of thioether (sulfide) groups is 1. The summed E-state index contributed by atoms with van der Waals surface area (Å²) in [7, 11) is 0. The zero-order chi connectivity index (χ0) is 11.8. The first-order valence-corrected chi connectivity index (χ1v) is 7.28. The molecule has 1 aromatic rings. The van der Waals surface area contributed by atoms with Gasteiger partial charge in [-0.1, -0.05) is 44.5 Å². The van der Waals surface area contributed by atoms with E-state index in [2.05, 4.69) is 32.0 Å². The minimum atomic E-state index is -0.296. The number of aryl methyl sites for hydroxylation is 1. The highest BCUT2D eigenvalue weighted by Gasteiger charge is 2.07. The largest absolute Gasteiger partial charge is 0.388 e. The molecule has 1 atom stereocenters. The van der Waals surface area contributed by atoms with Crippen LogP contribution in [0.5, 0.6) is 0 Å². The van der Waals surface area contributed by atoms with Gasteiger partial charge < -0.3 is 5.11 Å². The van der Waals surface area contributed by atoms with Crippen molar-refractivity contribution in [3.05, 3.63) is 35.4 Å². The number of rotatable bonds is 7. The van der Waals surface area contributed by atoms with E-state index in [4.69, 9.17) is 0 Å². The van der Waals surface area contributed by atoms with Crippen LogP contribution in [0.15, 0.2) is 24.3 Å². The monoisotopic (exact) mass is 238 g/mol. The molecular weight excluding hydrogens is 216 g/mol. The summed E-state index contributed by atoms with van der Waals surface area (Å²) in [5.74, 6) is 2.16. The van der Waals surface area contributed by atoms with Gasteiger partial charge in [0.15, 0.2) is 0 Å². The molecule has 0 radical (unpaired) electrons. The Morgan fingerprint density at radius 2 is 2.12 bits per heavy atom. The summed E-state index contributed by atoms with van der Waals surface area (Å²) in [5.41, 5.74) is 2.41. The fourth-order valence-electron chi connectivity index (χ4n) is 1.75. The van der Waals surface area contributed by atoms with Gasteiger partial charge in [0, 0.05) is 0 Å². The lowest BCUT2D eigenvalue weighted by atomic mass is 10.0. The predicted octanol–water partition coefficient (Wildman–Crippen LogP) is 3.82. The number of hydrogen-bond acceptors (Lipinski definition) is 2. The Morgan fingerprint density at radius 3 is 2.81 bits per heavy atom. The minimum Gasteiger partial charge on any atom is -0.388 e. The smallest absolute Gasteiger partial charge is 0.0798 e. The van der Waals surface area contributed by atoms with E-state index in [1.54, 1.807) is 0 Å². The van der Waals surface area contributed by atoms with E-state index in [1.807, 2.05) is 17.8 Å². The van der Waals surface area contributed by atoms with Crippen molar-refractivity contribution < 1.29 is 5.11 Å². The average Bonchev–Trinajstić information content (AvgIpc) is 2.30. The molecule has 0 aliphatic heterocycles. The van der Waals surface area contributed by atoms with Crippen LogP contribution >= 0.6 is 11.8 Å². The molecule has 0 amide bonds. The third kappa shape index (κ3) is 4.58.